The van der Waals surface area contributed by atoms with Crippen LogP contribution >= 0.6 is 0 Å². The first kappa shape index (κ1) is 17.8. The van der Waals surface area contributed by atoms with Crippen molar-refractivity contribution < 1.29 is 14.3 Å². The maximum atomic E-state index is 12.4. The van der Waals surface area contributed by atoms with Gasteiger partial charge in [-0.15, -0.1) is 5.10 Å². The molecule has 1 saturated carbocycles. The first-order valence-electron chi connectivity index (χ1n) is 9.00. The Hall–Kier alpha value is -3.55. The fourth-order valence-electron chi connectivity index (χ4n) is 3.16. The highest BCUT2D eigenvalue weighted by Crippen LogP contribution is 2.47. The summed E-state index contributed by atoms with van der Waals surface area (Å²) in [5, 5.41) is 13.8. The maximum absolute atomic E-state index is 12.4. The molecule has 1 N–H and O–H groups in total. The van der Waals surface area contributed by atoms with E-state index in [1.807, 2.05) is 18.2 Å². The lowest BCUT2D eigenvalue weighted by Crippen LogP contribution is -2.35. The van der Waals surface area contributed by atoms with E-state index in [2.05, 4.69) is 33.0 Å². The largest absolute Gasteiger partial charge is 0.452 e. The van der Waals surface area contributed by atoms with Crippen molar-refractivity contribution >= 4 is 11.9 Å². The molecular weight excluding hydrogens is 358 g/mol. The molecule has 1 aromatic heterocycles. The fraction of sp³-hybridized carbons (Fsp3) is 0.250. The van der Waals surface area contributed by atoms with Gasteiger partial charge in [0.2, 0.25) is 0 Å². The van der Waals surface area contributed by atoms with Crippen LogP contribution in [0.3, 0.4) is 0 Å². The molecule has 1 aliphatic carbocycles. The van der Waals surface area contributed by atoms with Crippen LogP contribution in [0.2, 0.25) is 0 Å². The van der Waals surface area contributed by atoms with Crippen molar-refractivity contribution in [1.82, 2.24) is 25.5 Å². The number of hydrogen-bond donors (Lipinski definition) is 1. The highest BCUT2D eigenvalue weighted by atomic mass is 16.5. The molecule has 1 fully saturated rings. The summed E-state index contributed by atoms with van der Waals surface area (Å²) >= 11 is 0. The van der Waals surface area contributed by atoms with Gasteiger partial charge in [-0.05, 0) is 41.0 Å². The first-order chi connectivity index (χ1) is 13.7. The zero-order valence-corrected chi connectivity index (χ0v) is 15.1. The Kier molecular flexibility index (Phi) is 4.84. The van der Waals surface area contributed by atoms with Gasteiger partial charge >= 0.3 is 5.97 Å². The fourth-order valence-corrected chi connectivity index (χ4v) is 3.16. The molecule has 2 aromatic carbocycles. The Morgan fingerprint density at radius 2 is 1.82 bits per heavy atom. The molecule has 0 spiro atoms. The van der Waals surface area contributed by atoms with Crippen LogP contribution in [0.5, 0.6) is 0 Å². The van der Waals surface area contributed by atoms with Crippen molar-refractivity contribution in [2.24, 2.45) is 0 Å². The minimum atomic E-state index is -0.606. The van der Waals surface area contributed by atoms with Crippen molar-refractivity contribution in [2.45, 2.75) is 18.3 Å². The minimum absolute atomic E-state index is 0.00756. The second-order valence-corrected chi connectivity index (χ2v) is 6.77. The Morgan fingerprint density at radius 3 is 2.54 bits per heavy atom. The molecule has 0 atom stereocenters. The molecule has 1 amide bonds. The summed E-state index contributed by atoms with van der Waals surface area (Å²) in [7, 11) is 0. The number of tetrazole rings is 1. The Balaban J connectivity index is 1.33. The summed E-state index contributed by atoms with van der Waals surface area (Å²) in [5.41, 5.74) is 2.00. The van der Waals surface area contributed by atoms with Crippen LogP contribution in [0, 0.1) is 0 Å². The van der Waals surface area contributed by atoms with Gasteiger partial charge in [0.1, 0.15) is 6.33 Å². The SMILES string of the molecule is O=C(COC(=O)c1ccccc1-n1cnnn1)NCC1(c2ccccc2)CC1. The number of para-hydroxylation sites is 1. The summed E-state index contributed by atoms with van der Waals surface area (Å²) in [6.45, 7) is 0.197. The Labute approximate surface area is 161 Å². The molecule has 8 nitrogen and oxygen atoms in total. The van der Waals surface area contributed by atoms with Gasteiger partial charge in [0.05, 0.1) is 11.3 Å². The average Bonchev–Trinajstić information content (AvgIpc) is 3.34. The number of esters is 1. The molecule has 28 heavy (non-hydrogen) atoms. The summed E-state index contributed by atoms with van der Waals surface area (Å²) in [6.07, 6.45) is 3.46. The predicted octanol–water partition coefficient (Wildman–Crippen LogP) is 1.67. The molecule has 4 rings (SSSR count). The predicted molar refractivity (Wildman–Crippen MR) is 99.8 cm³/mol. The van der Waals surface area contributed by atoms with Crippen molar-refractivity contribution in [3.8, 4) is 5.69 Å². The van der Waals surface area contributed by atoms with Crippen LogP contribution in [0.1, 0.15) is 28.8 Å². The first-order valence-corrected chi connectivity index (χ1v) is 9.00. The molecule has 0 bridgehead atoms. The van der Waals surface area contributed by atoms with E-state index in [1.165, 1.54) is 16.6 Å². The molecule has 0 radical (unpaired) electrons. The number of rotatable bonds is 7. The van der Waals surface area contributed by atoms with Crippen LogP contribution in [0.4, 0.5) is 0 Å². The molecule has 8 heteroatoms. The number of carbonyl (C=O) groups excluding carboxylic acids is 2. The Bertz CT molecular complexity index is 969. The molecule has 0 unspecified atom stereocenters. The average molecular weight is 377 g/mol. The van der Waals surface area contributed by atoms with Gasteiger partial charge in [0.25, 0.3) is 5.91 Å². The van der Waals surface area contributed by atoms with Crippen LogP contribution in [-0.2, 0) is 14.9 Å². The number of aromatic nitrogens is 4. The summed E-state index contributed by atoms with van der Waals surface area (Å²) in [4.78, 5) is 24.6. The van der Waals surface area contributed by atoms with Crippen molar-refractivity contribution in [3.05, 3.63) is 72.1 Å². The van der Waals surface area contributed by atoms with Gasteiger partial charge in [-0.3, -0.25) is 4.79 Å². The van der Waals surface area contributed by atoms with Gasteiger partial charge in [0.15, 0.2) is 6.61 Å². The topological polar surface area (TPSA) is 99.0 Å². The number of ether oxygens (including phenoxy) is 1. The second kappa shape index (κ2) is 7.59. The lowest BCUT2D eigenvalue weighted by Gasteiger charge is -2.16. The van der Waals surface area contributed by atoms with Crippen molar-refractivity contribution in [3.63, 3.8) is 0 Å². The molecule has 0 aliphatic heterocycles. The third-order valence-electron chi connectivity index (χ3n) is 4.92. The van der Waals surface area contributed by atoms with Crippen LogP contribution in [0.25, 0.3) is 5.69 Å². The van der Waals surface area contributed by atoms with Crippen LogP contribution < -0.4 is 5.32 Å². The Morgan fingerprint density at radius 1 is 1.07 bits per heavy atom. The van der Waals surface area contributed by atoms with Gasteiger partial charge in [-0.1, -0.05) is 42.5 Å². The van der Waals surface area contributed by atoms with E-state index >= 15 is 0 Å². The molecule has 0 saturated heterocycles. The number of hydrogen-bond acceptors (Lipinski definition) is 6. The van der Waals surface area contributed by atoms with E-state index in [-0.39, 0.29) is 23.5 Å². The number of carbonyl (C=O) groups is 2. The number of amides is 1. The lowest BCUT2D eigenvalue weighted by molar-refractivity contribution is -0.124. The van der Waals surface area contributed by atoms with E-state index in [4.69, 9.17) is 4.74 Å². The second-order valence-electron chi connectivity index (χ2n) is 6.77. The highest BCUT2D eigenvalue weighted by Gasteiger charge is 2.44. The van der Waals surface area contributed by atoms with Crippen molar-refractivity contribution in [1.29, 1.82) is 0 Å². The normalized spacial score (nSPS) is 14.3. The number of benzene rings is 2. The van der Waals surface area contributed by atoms with E-state index in [1.54, 1.807) is 24.3 Å². The quantitative estimate of drug-likeness (QED) is 0.629. The van der Waals surface area contributed by atoms with Gasteiger partial charge < -0.3 is 10.1 Å². The van der Waals surface area contributed by atoms with Crippen LogP contribution in [0.15, 0.2) is 60.9 Å². The van der Waals surface area contributed by atoms with Gasteiger partial charge in [-0.2, -0.15) is 4.68 Å². The zero-order valence-electron chi connectivity index (χ0n) is 15.1. The minimum Gasteiger partial charge on any atom is -0.452 e. The maximum Gasteiger partial charge on any atom is 0.340 e. The summed E-state index contributed by atoms with van der Waals surface area (Å²) < 4.78 is 6.56. The van der Waals surface area contributed by atoms with E-state index in [0.717, 1.165) is 12.8 Å². The zero-order chi connectivity index (χ0) is 19.4. The monoisotopic (exact) mass is 377 g/mol. The third-order valence-corrected chi connectivity index (χ3v) is 4.92. The molecular formula is C20H19N5O3. The third kappa shape index (κ3) is 3.75. The smallest absolute Gasteiger partial charge is 0.340 e. The molecule has 1 aliphatic rings. The number of nitrogens with zero attached hydrogens (tertiary/aromatic N) is 4. The highest BCUT2D eigenvalue weighted by molar-refractivity contribution is 5.94. The molecule has 1 heterocycles. The standard InChI is InChI=1S/C20H19N5O3/c26-18(21-13-20(10-11-20)15-6-2-1-3-7-15)12-28-19(27)16-8-4-5-9-17(16)25-14-22-23-24-25/h1-9,14H,10-13H2,(H,21,26). The van der Waals surface area contributed by atoms with Crippen molar-refractivity contribution in [2.75, 3.05) is 13.2 Å². The van der Waals surface area contributed by atoms with E-state index in [0.29, 0.717) is 12.2 Å². The van der Waals surface area contributed by atoms with Crippen LogP contribution in [-0.4, -0.2) is 45.2 Å². The van der Waals surface area contributed by atoms with Gasteiger partial charge in [0, 0.05) is 12.0 Å². The lowest BCUT2D eigenvalue weighted by atomic mass is 9.96. The van der Waals surface area contributed by atoms with E-state index in [9.17, 15) is 9.59 Å². The molecule has 3 aromatic rings. The van der Waals surface area contributed by atoms with E-state index < -0.39 is 5.97 Å². The summed E-state index contributed by atoms with van der Waals surface area (Å²) in [6, 6.07) is 16.9. The number of nitrogens with one attached hydrogen (secondary N) is 1. The van der Waals surface area contributed by atoms with Gasteiger partial charge in [-0.25, -0.2) is 4.79 Å². The molecule has 142 valence electrons. The summed E-state index contributed by atoms with van der Waals surface area (Å²) in [5.74, 6) is -0.930.